The van der Waals surface area contributed by atoms with Gasteiger partial charge in [-0.1, -0.05) is 60.1 Å². The molecule has 1 unspecified atom stereocenters. The van der Waals surface area contributed by atoms with Crippen molar-refractivity contribution in [2.45, 2.75) is 19.0 Å². The molecule has 148 valence electrons. The maximum absolute atomic E-state index is 12.7. The lowest BCUT2D eigenvalue weighted by Crippen LogP contribution is -2.39. The molecule has 6 nitrogen and oxygen atoms in total. The second-order valence-corrected chi connectivity index (χ2v) is 7.27. The predicted octanol–water partition coefficient (Wildman–Crippen LogP) is 3.40. The van der Waals surface area contributed by atoms with Crippen LogP contribution in [0.5, 0.6) is 0 Å². The van der Waals surface area contributed by atoms with E-state index in [0.717, 1.165) is 22.0 Å². The van der Waals surface area contributed by atoms with Crippen LogP contribution in [0.3, 0.4) is 0 Å². The van der Waals surface area contributed by atoms with Gasteiger partial charge in [0.15, 0.2) is 0 Å². The number of carbonyl (C=O) groups excluding carboxylic acids is 1. The van der Waals surface area contributed by atoms with Crippen molar-refractivity contribution >= 4 is 28.4 Å². The third-order valence-electron chi connectivity index (χ3n) is 4.89. The van der Waals surface area contributed by atoms with Gasteiger partial charge in [-0.25, -0.2) is 4.68 Å². The van der Waals surface area contributed by atoms with Crippen LogP contribution in [0.15, 0.2) is 67.0 Å². The Labute approximate surface area is 173 Å². The molecule has 0 fully saturated rings. The SMILES string of the molecule is O=C(NC(CO)Cc1c[nH]c2ccccc12)c1cnn(Cc2ccccc2)c1Cl. The second kappa shape index (κ2) is 8.51. The lowest BCUT2D eigenvalue weighted by molar-refractivity contribution is 0.0916. The second-order valence-electron chi connectivity index (χ2n) is 6.91. The minimum absolute atomic E-state index is 0.180. The van der Waals surface area contributed by atoms with Crippen molar-refractivity contribution in [2.75, 3.05) is 6.61 Å². The van der Waals surface area contributed by atoms with Crippen molar-refractivity contribution in [3.8, 4) is 0 Å². The summed E-state index contributed by atoms with van der Waals surface area (Å²) < 4.78 is 1.58. The number of hydrogen-bond acceptors (Lipinski definition) is 3. The van der Waals surface area contributed by atoms with E-state index < -0.39 is 6.04 Å². The maximum Gasteiger partial charge on any atom is 0.256 e. The molecule has 0 radical (unpaired) electrons. The Morgan fingerprint density at radius 2 is 1.93 bits per heavy atom. The molecular weight excluding hydrogens is 388 g/mol. The molecule has 7 heteroatoms. The van der Waals surface area contributed by atoms with Gasteiger partial charge in [0, 0.05) is 17.1 Å². The molecule has 3 N–H and O–H groups in total. The van der Waals surface area contributed by atoms with Crippen molar-refractivity contribution in [3.05, 3.63) is 88.8 Å². The van der Waals surface area contributed by atoms with Gasteiger partial charge in [-0.15, -0.1) is 0 Å². The normalized spacial score (nSPS) is 12.2. The summed E-state index contributed by atoms with van der Waals surface area (Å²) in [5.41, 5.74) is 3.39. The van der Waals surface area contributed by atoms with Crippen molar-refractivity contribution in [3.63, 3.8) is 0 Å². The van der Waals surface area contributed by atoms with Crippen LogP contribution in [0.25, 0.3) is 10.9 Å². The fourth-order valence-electron chi connectivity index (χ4n) is 3.38. The smallest absolute Gasteiger partial charge is 0.256 e. The van der Waals surface area contributed by atoms with Crippen LogP contribution in [0.4, 0.5) is 0 Å². The minimum atomic E-state index is -0.435. The monoisotopic (exact) mass is 408 g/mol. The molecule has 4 rings (SSSR count). The Balaban J connectivity index is 1.46. The van der Waals surface area contributed by atoms with Gasteiger partial charge in [0.2, 0.25) is 0 Å². The number of benzene rings is 2. The number of aromatic nitrogens is 3. The summed E-state index contributed by atoms with van der Waals surface area (Å²) in [4.78, 5) is 15.9. The third kappa shape index (κ3) is 4.18. The summed E-state index contributed by atoms with van der Waals surface area (Å²) in [6, 6.07) is 17.3. The number of nitrogens with one attached hydrogen (secondary N) is 2. The fourth-order valence-corrected chi connectivity index (χ4v) is 3.62. The highest BCUT2D eigenvalue weighted by atomic mass is 35.5. The van der Waals surface area contributed by atoms with Crippen LogP contribution in [0.2, 0.25) is 5.15 Å². The van der Waals surface area contributed by atoms with Crippen LogP contribution < -0.4 is 5.32 Å². The van der Waals surface area contributed by atoms with Gasteiger partial charge in [-0.05, 0) is 23.6 Å². The van der Waals surface area contributed by atoms with Crippen LogP contribution in [0.1, 0.15) is 21.5 Å². The van der Waals surface area contributed by atoms with Gasteiger partial charge >= 0.3 is 0 Å². The summed E-state index contributed by atoms with van der Waals surface area (Å²) in [6.07, 6.45) is 3.87. The molecule has 0 saturated carbocycles. The summed E-state index contributed by atoms with van der Waals surface area (Å²) in [5, 5.41) is 18.2. The number of nitrogens with zero attached hydrogens (tertiary/aromatic N) is 2. The fraction of sp³-hybridized carbons (Fsp3) is 0.182. The molecule has 2 heterocycles. The number of hydrogen-bond donors (Lipinski definition) is 3. The number of carbonyl (C=O) groups is 1. The lowest BCUT2D eigenvalue weighted by Gasteiger charge is -2.15. The van der Waals surface area contributed by atoms with E-state index in [1.807, 2.05) is 60.8 Å². The number of amides is 1. The molecular formula is C22H21ClN4O2. The molecule has 29 heavy (non-hydrogen) atoms. The standard InChI is InChI=1S/C22H21ClN4O2/c23-21-19(12-25-27(21)13-15-6-2-1-3-7-15)22(29)26-17(14-28)10-16-11-24-20-9-5-4-8-18(16)20/h1-9,11-12,17,24,28H,10,13-14H2,(H,26,29). The molecule has 1 atom stereocenters. The molecule has 2 aromatic heterocycles. The number of aliphatic hydroxyl groups excluding tert-OH is 1. The Morgan fingerprint density at radius 1 is 1.17 bits per heavy atom. The first kappa shape index (κ1) is 19.2. The predicted molar refractivity (Wildman–Crippen MR) is 113 cm³/mol. The largest absolute Gasteiger partial charge is 0.394 e. The van der Waals surface area contributed by atoms with E-state index in [1.165, 1.54) is 6.20 Å². The van der Waals surface area contributed by atoms with E-state index in [0.29, 0.717) is 18.5 Å². The Hall–Kier alpha value is -3.09. The maximum atomic E-state index is 12.7. The number of H-pyrrole nitrogens is 1. The number of aromatic amines is 1. The van der Waals surface area contributed by atoms with Crippen LogP contribution in [0, 0.1) is 0 Å². The van der Waals surface area contributed by atoms with E-state index in [1.54, 1.807) is 4.68 Å². The molecule has 2 aromatic carbocycles. The first-order chi connectivity index (χ1) is 14.2. The third-order valence-corrected chi connectivity index (χ3v) is 5.29. The summed E-state index contributed by atoms with van der Waals surface area (Å²) in [6.45, 7) is 0.298. The van der Waals surface area contributed by atoms with Crippen LogP contribution >= 0.6 is 11.6 Å². The van der Waals surface area contributed by atoms with Gasteiger partial charge in [-0.3, -0.25) is 4.79 Å². The summed E-state index contributed by atoms with van der Waals surface area (Å²) in [7, 11) is 0. The highest BCUT2D eigenvalue weighted by Gasteiger charge is 2.20. The van der Waals surface area contributed by atoms with Gasteiger partial charge in [0.1, 0.15) is 5.15 Å². The minimum Gasteiger partial charge on any atom is -0.394 e. The summed E-state index contributed by atoms with van der Waals surface area (Å²) in [5.74, 6) is -0.354. The zero-order chi connectivity index (χ0) is 20.2. The van der Waals surface area contributed by atoms with Crippen molar-refractivity contribution < 1.29 is 9.90 Å². The zero-order valence-corrected chi connectivity index (χ0v) is 16.4. The van der Waals surface area contributed by atoms with E-state index in [2.05, 4.69) is 15.4 Å². The van der Waals surface area contributed by atoms with Crippen molar-refractivity contribution in [1.82, 2.24) is 20.1 Å². The number of rotatable bonds is 7. The first-order valence-corrected chi connectivity index (χ1v) is 9.75. The topological polar surface area (TPSA) is 82.9 Å². The van der Waals surface area contributed by atoms with E-state index in [4.69, 9.17) is 11.6 Å². The number of fused-ring (bicyclic) bond motifs is 1. The Kier molecular flexibility index (Phi) is 5.64. The van der Waals surface area contributed by atoms with Crippen LogP contribution in [-0.4, -0.2) is 38.4 Å². The van der Waals surface area contributed by atoms with Gasteiger partial charge < -0.3 is 15.4 Å². The average Bonchev–Trinajstić information content (AvgIpc) is 3.32. The van der Waals surface area contributed by atoms with E-state index in [9.17, 15) is 9.90 Å². The van der Waals surface area contributed by atoms with E-state index >= 15 is 0 Å². The molecule has 0 spiro atoms. The van der Waals surface area contributed by atoms with Crippen molar-refractivity contribution in [2.24, 2.45) is 0 Å². The molecule has 4 aromatic rings. The molecule has 0 aliphatic heterocycles. The van der Waals surface area contributed by atoms with Gasteiger partial charge in [0.25, 0.3) is 5.91 Å². The average molecular weight is 409 g/mol. The Morgan fingerprint density at radius 3 is 2.72 bits per heavy atom. The lowest BCUT2D eigenvalue weighted by atomic mass is 10.1. The number of aliphatic hydroxyl groups is 1. The summed E-state index contributed by atoms with van der Waals surface area (Å²) >= 11 is 6.39. The van der Waals surface area contributed by atoms with Gasteiger partial charge in [-0.2, -0.15) is 5.10 Å². The molecule has 0 bridgehead atoms. The van der Waals surface area contributed by atoms with E-state index in [-0.39, 0.29) is 17.7 Å². The number of halogens is 1. The molecule has 0 aliphatic rings. The zero-order valence-electron chi connectivity index (χ0n) is 15.7. The first-order valence-electron chi connectivity index (χ1n) is 9.37. The molecule has 0 aliphatic carbocycles. The molecule has 1 amide bonds. The number of para-hydroxylation sites is 1. The van der Waals surface area contributed by atoms with Gasteiger partial charge in [0.05, 0.1) is 31.0 Å². The highest BCUT2D eigenvalue weighted by Crippen LogP contribution is 2.20. The quantitative estimate of drug-likeness (QED) is 0.438. The highest BCUT2D eigenvalue weighted by molar-refractivity contribution is 6.32. The van der Waals surface area contributed by atoms with Crippen molar-refractivity contribution in [1.29, 1.82) is 0 Å². The Bertz CT molecular complexity index is 1120. The molecule has 0 saturated heterocycles. The van der Waals surface area contributed by atoms with Crippen LogP contribution in [-0.2, 0) is 13.0 Å².